The van der Waals surface area contributed by atoms with Crippen molar-refractivity contribution in [2.45, 2.75) is 13.0 Å². The Labute approximate surface area is 146 Å². The fourth-order valence-electron chi connectivity index (χ4n) is 2.55. The quantitative estimate of drug-likeness (QED) is 0.649. The molecular formula is C17H12ClFN2O4. The number of nitrogens with one attached hydrogen (secondary N) is 1. The Morgan fingerprint density at radius 1 is 1.20 bits per heavy atom. The molecule has 6 nitrogen and oxygen atoms in total. The minimum absolute atomic E-state index is 0.148. The van der Waals surface area contributed by atoms with Gasteiger partial charge in [0.25, 0.3) is 11.8 Å². The Morgan fingerprint density at radius 3 is 2.32 bits per heavy atom. The third-order valence-corrected chi connectivity index (χ3v) is 4.19. The van der Waals surface area contributed by atoms with Crippen molar-refractivity contribution in [2.24, 2.45) is 0 Å². The molecule has 0 spiro atoms. The van der Waals surface area contributed by atoms with Gasteiger partial charge in [0.15, 0.2) is 0 Å². The number of hydrogen-bond acceptors (Lipinski definition) is 4. The predicted octanol–water partition coefficient (Wildman–Crippen LogP) is 2.81. The average Bonchev–Trinajstić information content (AvgIpc) is 2.83. The van der Waals surface area contributed by atoms with Crippen LogP contribution < -0.4 is 5.32 Å². The molecule has 25 heavy (non-hydrogen) atoms. The largest absolute Gasteiger partial charge is 0.506 e. The molecule has 0 fully saturated rings. The summed E-state index contributed by atoms with van der Waals surface area (Å²) in [7, 11) is 0. The van der Waals surface area contributed by atoms with Crippen LogP contribution in [0.15, 0.2) is 36.4 Å². The van der Waals surface area contributed by atoms with E-state index >= 15 is 0 Å². The molecule has 1 aliphatic heterocycles. The Balaban J connectivity index is 1.84. The molecule has 0 bridgehead atoms. The standard InChI is InChI=1S/C17H12ClFN2O4/c1-8(15(23)20-13-6-11(18)14(22)7-12(13)19)21-16(24)9-4-2-3-5-10(9)17(21)25/h2-8,22H,1H3,(H,20,23). The Morgan fingerprint density at radius 2 is 1.76 bits per heavy atom. The van der Waals surface area contributed by atoms with Gasteiger partial charge in [-0.2, -0.15) is 0 Å². The first-order valence-corrected chi connectivity index (χ1v) is 7.65. The molecule has 2 aromatic rings. The Hall–Kier alpha value is -2.93. The van der Waals surface area contributed by atoms with Crippen LogP contribution in [0.1, 0.15) is 27.6 Å². The van der Waals surface area contributed by atoms with Crippen molar-refractivity contribution in [3.8, 4) is 5.75 Å². The lowest BCUT2D eigenvalue weighted by Crippen LogP contribution is -2.45. The smallest absolute Gasteiger partial charge is 0.262 e. The predicted molar refractivity (Wildman–Crippen MR) is 88.1 cm³/mol. The number of nitrogens with zero attached hydrogens (tertiary/aromatic N) is 1. The molecule has 0 radical (unpaired) electrons. The number of anilines is 1. The maximum Gasteiger partial charge on any atom is 0.262 e. The van der Waals surface area contributed by atoms with Crippen molar-refractivity contribution in [1.82, 2.24) is 4.90 Å². The van der Waals surface area contributed by atoms with Crippen LogP contribution in [-0.2, 0) is 4.79 Å². The summed E-state index contributed by atoms with van der Waals surface area (Å²) in [5.41, 5.74) is 0.160. The third kappa shape index (κ3) is 2.83. The maximum atomic E-state index is 13.8. The molecule has 0 saturated carbocycles. The van der Waals surface area contributed by atoms with Gasteiger partial charge in [-0.3, -0.25) is 19.3 Å². The average molecular weight is 363 g/mol. The molecule has 3 amide bonds. The molecule has 3 rings (SSSR count). The SMILES string of the molecule is CC(C(=O)Nc1cc(Cl)c(O)cc1F)N1C(=O)c2ccccc2C1=O. The summed E-state index contributed by atoms with van der Waals surface area (Å²) >= 11 is 5.70. The second-order valence-electron chi connectivity index (χ2n) is 5.47. The van der Waals surface area contributed by atoms with Gasteiger partial charge >= 0.3 is 0 Å². The van der Waals surface area contributed by atoms with Crippen molar-refractivity contribution in [1.29, 1.82) is 0 Å². The minimum Gasteiger partial charge on any atom is -0.506 e. The first kappa shape index (κ1) is 16.9. The number of imide groups is 1. The highest BCUT2D eigenvalue weighted by atomic mass is 35.5. The van der Waals surface area contributed by atoms with E-state index in [2.05, 4.69) is 5.32 Å². The Bertz CT molecular complexity index is 881. The van der Waals surface area contributed by atoms with Gasteiger partial charge in [-0.1, -0.05) is 23.7 Å². The van der Waals surface area contributed by atoms with Crippen LogP contribution in [0.4, 0.5) is 10.1 Å². The fraction of sp³-hybridized carbons (Fsp3) is 0.118. The van der Waals surface area contributed by atoms with Crippen molar-refractivity contribution < 1.29 is 23.9 Å². The van der Waals surface area contributed by atoms with E-state index in [1.54, 1.807) is 12.1 Å². The number of phenolic OH excluding ortho intramolecular Hbond substituents is 1. The number of amides is 3. The van der Waals surface area contributed by atoms with Gasteiger partial charge in [0.05, 0.1) is 21.8 Å². The fourth-order valence-corrected chi connectivity index (χ4v) is 2.71. The monoisotopic (exact) mass is 362 g/mol. The summed E-state index contributed by atoms with van der Waals surface area (Å²) in [6.07, 6.45) is 0. The van der Waals surface area contributed by atoms with E-state index in [0.29, 0.717) is 0 Å². The summed E-state index contributed by atoms with van der Waals surface area (Å²) in [6.45, 7) is 1.36. The minimum atomic E-state index is -1.17. The number of carbonyl (C=O) groups excluding carboxylic acids is 3. The van der Waals surface area contributed by atoms with E-state index in [1.165, 1.54) is 19.1 Å². The van der Waals surface area contributed by atoms with Crippen LogP contribution in [0.3, 0.4) is 0 Å². The molecule has 1 unspecified atom stereocenters. The van der Waals surface area contributed by atoms with Gasteiger partial charge in [-0.25, -0.2) is 4.39 Å². The van der Waals surface area contributed by atoms with Crippen molar-refractivity contribution >= 4 is 35.0 Å². The highest BCUT2D eigenvalue weighted by Crippen LogP contribution is 2.30. The summed E-state index contributed by atoms with van der Waals surface area (Å²) in [6, 6.07) is 6.86. The molecule has 1 aliphatic rings. The van der Waals surface area contributed by atoms with E-state index in [4.69, 9.17) is 11.6 Å². The lowest BCUT2D eigenvalue weighted by Gasteiger charge is -2.22. The van der Waals surface area contributed by atoms with Crippen LogP contribution in [0, 0.1) is 5.82 Å². The number of carbonyl (C=O) groups is 3. The Kier molecular flexibility index (Phi) is 4.18. The molecule has 128 valence electrons. The highest BCUT2D eigenvalue weighted by Gasteiger charge is 2.40. The van der Waals surface area contributed by atoms with Crippen LogP contribution >= 0.6 is 11.6 Å². The molecule has 2 N–H and O–H groups in total. The van der Waals surface area contributed by atoms with Crippen LogP contribution in [0.25, 0.3) is 0 Å². The summed E-state index contributed by atoms with van der Waals surface area (Å²) in [5, 5.41) is 11.4. The van der Waals surface area contributed by atoms with Crippen molar-refractivity contribution in [3.63, 3.8) is 0 Å². The lowest BCUT2D eigenvalue weighted by atomic mass is 10.1. The second-order valence-corrected chi connectivity index (χ2v) is 5.88. The summed E-state index contributed by atoms with van der Waals surface area (Å²) in [4.78, 5) is 37.9. The van der Waals surface area contributed by atoms with E-state index in [1.807, 2.05) is 0 Å². The van der Waals surface area contributed by atoms with Gasteiger partial charge in [-0.15, -0.1) is 0 Å². The van der Waals surface area contributed by atoms with E-state index in [0.717, 1.165) is 17.0 Å². The number of fused-ring (bicyclic) bond motifs is 1. The number of benzene rings is 2. The number of aromatic hydroxyl groups is 1. The van der Waals surface area contributed by atoms with Crippen molar-refractivity contribution in [3.05, 3.63) is 58.4 Å². The first-order valence-electron chi connectivity index (χ1n) is 7.27. The normalized spacial score (nSPS) is 14.4. The maximum absolute atomic E-state index is 13.8. The van der Waals surface area contributed by atoms with E-state index in [-0.39, 0.29) is 21.8 Å². The zero-order chi connectivity index (χ0) is 18.3. The van der Waals surface area contributed by atoms with Crippen molar-refractivity contribution in [2.75, 3.05) is 5.32 Å². The van der Waals surface area contributed by atoms with E-state index in [9.17, 15) is 23.9 Å². The molecule has 8 heteroatoms. The second kappa shape index (κ2) is 6.18. The number of halogens is 2. The van der Waals surface area contributed by atoms with Gasteiger partial charge in [0, 0.05) is 6.07 Å². The molecule has 0 saturated heterocycles. The van der Waals surface area contributed by atoms with Crippen LogP contribution in [-0.4, -0.2) is 33.8 Å². The molecule has 0 aromatic heterocycles. The zero-order valence-corrected chi connectivity index (χ0v) is 13.7. The van der Waals surface area contributed by atoms with Crippen LogP contribution in [0.5, 0.6) is 5.75 Å². The summed E-state index contributed by atoms with van der Waals surface area (Å²) in [5.74, 6) is -3.31. The zero-order valence-electron chi connectivity index (χ0n) is 12.9. The molecule has 2 aromatic carbocycles. The molecule has 1 heterocycles. The molecule has 0 aliphatic carbocycles. The summed E-state index contributed by atoms with van der Waals surface area (Å²) < 4.78 is 13.8. The van der Waals surface area contributed by atoms with Gasteiger partial charge < -0.3 is 10.4 Å². The first-order chi connectivity index (χ1) is 11.8. The van der Waals surface area contributed by atoms with Gasteiger partial charge in [0.2, 0.25) is 5.91 Å². The lowest BCUT2D eigenvalue weighted by molar-refractivity contribution is -0.119. The van der Waals surface area contributed by atoms with Crippen LogP contribution in [0.2, 0.25) is 5.02 Å². The molecular weight excluding hydrogens is 351 g/mol. The highest BCUT2D eigenvalue weighted by molar-refractivity contribution is 6.32. The van der Waals surface area contributed by atoms with Gasteiger partial charge in [0.1, 0.15) is 17.6 Å². The number of hydrogen-bond donors (Lipinski definition) is 2. The van der Waals surface area contributed by atoms with E-state index < -0.39 is 35.3 Å². The third-order valence-electron chi connectivity index (χ3n) is 3.89. The topological polar surface area (TPSA) is 86.7 Å². The van der Waals surface area contributed by atoms with Gasteiger partial charge in [-0.05, 0) is 25.1 Å². The number of phenols is 1. The molecule has 1 atom stereocenters. The number of rotatable bonds is 3.